The van der Waals surface area contributed by atoms with Crippen molar-refractivity contribution in [2.75, 3.05) is 0 Å². The lowest BCUT2D eigenvalue weighted by molar-refractivity contribution is 0.560. The van der Waals surface area contributed by atoms with Crippen LogP contribution in [0.3, 0.4) is 0 Å². The van der Waals surface area contributed by atoms with Crippen molar-refractivity contribution in [2.24, 2.45) is 4.99 Å². The van der Waals surface area contributed by atoms with E-state index in [0.29, 0.717) is 17.2 Å². The topological polar surface area (TPSA) is 80.0 Å². The van der Waals surface area contributed by atoms with Crippen LogP contribution in [0.15, 0.2) is 33.9 Å². The molecule has 0 aliphatic rings. The highest BCUT2D eigenvalue weighted by Crippen LogP contribution is 2.27. The first-order chi connectivity index (χ1) is 10.2. The lowest BCUT2D eigenvalue weighted by Gasteiger charge is -2.00. The first-order valence-electron chi connectivity index (χ1n) is 6.48. The van der Waals surface area contributed by atoms with Gasteiger partial charge in [0.1, 0.15) is 12.3 Å². The van der Waals surface area contributed by atoms with Gasteiger partial charge in [-0.2, -0.15) is 5.26 Å². The fourth-order valence-corrected chi connectivity index (χ4v) is 2.25. The van der Waals surface area contributed by atoms with E-state index in [4.69, 9.17) is 9.68 Å². The van der Waals surface area contributed by atoms with Crippen molar-refractivity contribution >= 4 is 23.1 Å². The molecule has 0 bridgehead atoms. The predicted octanol–water partition coefficient (Wildman–Crippen LogP) is 2.92. The highest BCUT2D eigenvalue weighted by Gasteiger charge is 2.14. The molecule has 0 unspecified atom stereocenters. The molecule has 0 spiro atoms. The Morgan fingerprint density at radius 1 is 1.48 bits per heavy atom. The number of fused-ring (bicyclic) bond motifs is 1. The zero-order valence-electron chi connectivity index (χ0n) is 11.7. The number of hydrogen-bond acceptors (Lipinski definition) is 5. The molecule has 6 heteroatoms. The maximum atomic E-state index is 8.92. The Morgan fingerprint density at radius 2 is 2.33 bits per heavy atom. The molecule has 3 rings (SSSR count). The van der Waals surface area contributed by atoms with Gasteiger partial charge >= 0.3 is 0 Å². The normalized spacial score (nSPS) is 11.3. The highest BCUT2D eigenvalue weighted by atomic mass is 16.3. The van der Waals surface area contributed by atoms with Crippen LogP contribution >= 0.6 is 0 Å². The molecule has 6 nitrogen and oxygen atoms in total. The van der Waals surface area contributed by atoms with E-state index in [9.17, 15) is 0 Å². The van der Waals surface area contributed by atoms with Crippen LogP contribution in [0, 0.1) is 25.2 Å². The molecule has 0 saturated carbocycles. The van der Waals surface area contributed by atoms with E-state index in [0.717, 1.165) is 16.6 Å². The van der Waals surface area contributed by atoms with Crippen molar-refractivity contribution in [1.82, 2.24) is 14.8 Å². The van der Waals surface area contributed by atoms with Gasteiger partial charge in [0.15, 0.2) is 11.5 Å². The summed E-state index contributed by atoms with van der Waals surface area (Å²) < 4.78 is 6.79. The second-order valence-electron chi connectivity index (χ2n) is 4.69. The second kappa shape index (κ2) is 5.21. The molecule has 0 saturated heterocycles. The molecule has 21 heavy (non-hydrogen) atoms. The summed E-state index contributed by atoms with van der Waals surface area (Å²) in [6, 6.07) is 7.68. The average Bonchev–Trinajstić information content (AvgIpc) is 3.05. The Kier molecular flexibility index (Phi) is 3.24. The summed E-state index contributed by atoms with van der Waals surface area (Å²) >= 11 is 0. The van der Waals surface area contributed by atoms with E-state index in [1.54, 1.807) is 23.2 Å². The lowest BCUT2D eigenvalue weighted by atomic mass is 10.2. The van der Waals surface area contributed by atoms with Crippen molar-refractivity contribution in [3.63, 3.8) is 0 Å². The summed E-state index contributed by atoms with van der Waals surface area (Å²) in [7, 11) is 0. The average molecular weight is 279 g/mol. The first kappa shape index (κ1) is 13.1. The van der Waals surface area contributed by atoms with E-state index in [1.807, 2.05) is 26.0 Å². The minimum atomic E-state index is 0.142. The van der Waals surface area contributed by atoms with Crippen molar-refractivity contribution in [1.29, 1.82) is 5.26 Å². The van der Waals surface area contributed by atoms with Gasteiger partial charge in [-0.1, -0.05) is 0 Å². The Morgan fingerprint density at radius 3 is 3.05 bits per heavy atom. The maximum Gasteiger partial charge on any atom is 0.183 e. The molecular formula is C15H13N5O. The number of aryl methyl sites for hydroxylation is 2. The molecule has 0 atom stereocenters. The van der Waals surface area contributed by atoms with Crippen LogP contribution in [0.2, 0.25) is 0 Å². The quantitative estimate of drug-likeness (QED) is 0.690. The van der Waals surface area contributed by atoms with Gasteiger partial charge in [-0.15, -0.1) is 5.10 Å². The molecule has 3 heterocycles. The monoisotopic (exact) mass is 279 g/mol. The first-order valence-corrected chi connectivity index (χ1v) is 6.48. The van der Waals surface area contributed by atoms with Gasteiger partial charge in [0, 0.05) is 5.69 Å². The molecule has 0 aliphatic heterocycles. The number of hydrogen-bond donors (Lipinski definition) is 0. The van der Waals surface area contributed by atoms with Crippen LogP contribution < -0.4 is 0 Å². The van der Waals surface area contributed by atoms with Crippen LogP contribution in [0.1, 0.15) is 17.0 Å². The zero-order chi connectivity index (χ0) is 14.8. The summed E-state index contributed by atoms with van der Waals surface area (Å²) in [6.07, 6.45) is 3.20. The Bertz CT molecular complexity index is 852. The second-order valence-corrected chi connectivity index (χ2v) is 4.69. The van der Waals surface area contributed by atoms with Gasteiger partial charge in [0.2, 0.25) is 0 Å². The summed E-state index contributed by atoms with van der Waals surface area (Å²) in [5.74, 6) is 1.19. The Balaban J connectivity index is 2.16. The number of nitriles is 1. The van der Waals surface area contributed by atoms with Gasteiger partial charge in [0.05, 0.1) is 23.9 Å². The van der Waals surface area contributed by atoms with Crippen LogP contribution in [0.4, 0.5) is 5.82 Å². The van der Waals surface area contributed by atoms with Gasteiger partial charge in [-0.05, 0) is 37.6 Å². The summed E-state index contributed by atoms with van der Waals surface area (Å²) in [5, 5.41) is 14.1. The molecule has 0 radical (unpaired) electrons. The maximum absolute atomic E-state index is 8.92. The minimum Gasteiger partial charge on any atom is -0.463 e. The predicted molar refractivity (Wildman–Crippen MR) is 78.6 cm³/mol. The van der Waals surface area contributed by atoms with Crippen molar-refractivity contribution in [3.8, 4) is 6.07 Å². The van der Waals surface area contributed by atoms with Crippen molar-refractivity contribution in [2.45, 2.75) is 20.4 Å². The number of aliphatic imine (C=N–C) groups is 1. The van der Waals surface area contributed by atoms with Crippen molar-refractivity contribution < 1.29 is 4.42 Å². The lowest BCUT2D eigenvalue weighted by Crippen LogP contribution is -1.99. The van der Waals surface area contributed by atoms with E-state index < -0.39 is 0 Å². The van der Waals surface area contributed by atoms with Gasteiger partial charge in [0.25, 0.3) is 0 Å². The summed E-state index contributed by atoms with van der Waals surface area (Å²) in [5.41, 5.74) is 2.61. The molecule has 0 amide bonds. The summed E-state index contributed by atoms with van der Waals surface area (Å²) in [4.78, 5) is 8.84. The number of aromatic nitrogens is 3. The van der Waals surface area contributed by atoms with Gasteiger partial charge < -0.3 is 4.42 Å². The molecule has 3 aromatic rings. The fraction of sp³-hybridized carbons (Fsp3) is 0.200. The largest absolute Gasteiger partial charge is 0.463 e. The molecule has 0 aromatic carbocycles. The SMILES string of the molecule is Cc1cc(C)c2c(N=Cc3ccco3)nn(CC#N)c2n1. The Hall–Kier alpha value is -2.94. The van der Waals surface area contributed by atoms with Gasteiger partial charge in [-0.3, -0.25) is 0 Å². The fourth-order valence-electron chi connectivity index (χ4n) is 2.25. The summed E-state index contributed by atoms with van der Waals surface area (Å²) in [6.45, 7) is 4.05. The smallest absolute Gasteiger partial charge is 0.183 e. The third kappa shape index (κ3) is 2.41. The molecule has 0 fully saturated rings. The highest BCUT2D eigenvalue weighted by molar-refractivity contribution is 5.92. The van der Waals surface area contributed by atoms with Gasteiger partial charge in [-0.25, -0.2) is 14.7 Å². The van der Waals surface area contributed by atoms with E-state index >= 15 is 0 Å². The van der Waals surface area contributed by atoms with E-state index in [-0.39, 0.29) is 6.54 Å². The molecule has 3 aromatic heterocycles. The van der Waals surface area contributed by atoms with Crippen LogP contribution in [-0.2, 0) is 6.54 Å². The third-order valence-corrected chi connectivity index (χ3v) is 3.09. The Labute approximate surface area is 121 Å². The van der Waals surface area contributed by atoms with E-state index in [2.05, 4.69) is 21.1 Å². The van der Waals surface area contributed by atoms with Crippen molar-refractivity contribution in [3.05, 3.63) is 41.5 Å². The molecule has 0 aliphatic carbocycles. The van der Waals surface area contributed by atoms with Crippen LogP contribution in [0.25, 0.3) is 11.0 Å². The number of pyridine rings is 1. The third-order valence-electron chi connectivity index (χ3n) is 3.09. The molecule has 0 N–H and O–H groups in total. The standard InChI is InChI=1S/C15H13N5O/c1-10-8-11(2)18-15-13(10)14(19-20(15)6-5-16)17-9-12-4-3-7-21-12/h3-4,7-9H,6H2,1-2H3. The number of nitrogens with zero attached hydrogens (tertiary/aromatic N) is 5. The van der Waals surface area contributed by atoms with E-state index in [1.165, 1.54) is 0 Å². The molecule has 104 valence electrons. The van der Waals surface area contributed by atoms with Crippen LogP contribution in [0.5, 0.6) is 0 Å². The number of furan rings is 1. The minimum absolute atomic E-state index is 0.142. The zero-order valence-corrected chi connectivity index (χ0v) is 11.7. The van der Waals surface area contributed by atoms with Crippen LogP contribution in [-0.4, -0.2) is 21.0 Å². The number of rotatable bonds is 3. The molecular weight excluding hydrogens is 266 g/mol.